The molecule has 1 amide bonds. The highest BCUT2D eigenvalue weighted by molar-refractivity contribution is 9.10. The molecule has 0 radical (unpaired) electrons. The van der Waals surface area contributed by atoms with Gasteiger partial charge < -0.3 is 4.90 Å². The lowest BCUT2D eigenvalue weighted by atomic mass is 10.0. The number of nitrogens with zero attached hydrogens (tertiary/aromatic N) is 1. The van der Waals surface area contributed by atoms with Crippen LogP contribution in [-0.2, 0) is 6.18 Å². The van der Waals surface area contributed by atoms with Gasteiger partial charge >= 0.3 is 6.18 Å². The van der Waals surface area contributed by atoms with Crippen molar-refractivity contribution >= 4 is 21.8 Å². The summed E-state index contributed by atoms with van der Waals surface area (Å²) in [5.41, 5.74) is -2.22. The van der Waals surface area contributed by atoms with E-state index in [0.29, 0.717) is 12.5 Å². The average molecular weight is 372 g/mol. The number of benzene rings is 1. The molecule has 1 aliphatic rings. The second-order valence-corrected chi connectivity index (χ2v) is 5.63. The molecule has 1 aromatic rings. The van der Waals surface area contributed by atoms with Crippen LogP contribution in [-0.4, -0.2) is 30.1 Å². The molecule has 1 unspecified atom stereocenters. The number of rotatable bonds is 1. The number of carbonyl (C=O) groups is 1. The van der Waals surface area contributed by atoms with Crippen molar-refractivity contribution in [2.24, 2.45) is 0 Å². The first-order valence-electron chi connectivity index (χ1n) is 6.20. The molecule has 0 saturated carbocycles. The van der Waals surface area contributed by atoms with Gasteiger partial charge in [0.25, 0.3) is 5.91 Å². The minimum absolute atomic E-state index is 0.0843. The normalized spacial score (nSPS) is 19.7. The van der Waals surface area contributed by atoms with Crippen LogP contribution in [0.4, 0.5) is 22.0 Å². The fourth-order valence-corrected chi connectivity index (χ4v) is 2.71. The van der Waals surface area contributed by atoms with E-state index in [1.54, 1.807) is 0 Å². The molecule has 1 fully saturated rings. The lowest BCUT2D eigenvalue weighted by Crippen LogP contribution is -2.41. The van der Waals surface area contributed by atoms with Gasteiger partial charge in [-0.15, -0.1) is 0 Å². The molecule has 1 aliphatic heterocycles. The number of alkyl halides is 4. The lowest BCUT2D eigenvalue weighted by Gasteiger charge is -2.29. The zero-order valence-corrected chi connectivity index (χ0v) is 12.3. The van der Waals surface area contributed by atoms with Gasteiger partial charge in [-0.05, 0) is 40.9 Å². The summed E-state index contributed by atoms with van der Waals surface area (Å²) >= 11 is 2.88. The Morgan fingerprint density at radius 1 is 1.33 bits per heavy atom. The number of halogens is 6. The largest absolute Gasteiger partial charge is 0.419 e. The summed E-state index contributed by atoms with van der Waals surface area (Å²) in [6.45, 7) is -0.0393. The number of likely N-dealkylation sites (tertiary alicyclic amines) is 1. The Morgan fingerprint density at radius 2 is 2.00 bits per heavy atom. The summed E-state index contributed by atoms with van der Waals surface area (Å²) in [4.78, 5) is 13.2. The third-order valence-electron chi connectivity index (χ3n) is 3.26. The van der Waals surface area contributed by atoms with Gasteiger partial charge in [-0.2, -0.15) is 13.2 Å². The van der Waals surface area contributed by atoms with Gasteiger partial charge in [0.1, 0.15) is 12.0 Å². The fourth-order valence-electron chi connectivity index (χ4n) is 2.24. The Morgan fingerprint density at radius 3 is 2.57 bits per heavy atom. The Labute approximate surface area is 126 Å². The van der Waals surface area contributed by atoms with Crippen LogP contribution in [0.3, 0.4) is 0 Å². The molecule has 0 spiro atoms. The predicted octanol–water partition coefficient (Wildman–Crippen LogP) is 4.18. The number of piperidine rings is 1. The van der Waals surface area contributed by atoms with E-state index in [9.17, 15) is 26.7 Å². The number of hydrogen-bond acceptors (Lipinski definition) is 1. The Hall–Kier alpha value is -1.18. The van der Waals surface area contributed by atoms with Crippen LogP contribution in [0.25, 0.3) is 0 Å². The van der Waals surface area contributed by atoms with Crippen molar-refractivity contribution in [1.29, 1.82) is 0 Å². The van der Waals surface area contributed by atoms with E-state index in [1.165, 1.54) is 0 Å². The SMILES string of the molecule is O=C(c1c(Br)ccc(C(F)(F)F)c1F)N1CCCC(F)C1. The molecular weight excluding hydrogens is 361 g/mol. The smallest absolute Gasteiger partial charge is 0.336 e. The molecule has 1 aromatic carbocycles. The summed E-state index contributed by atoms with van der Waals surface area (Å²) in [7, 11) is 0. The summed E-state index contributed by atoms with van der Waals surface area (Å²) in [6.07, 6.45) is -5.46. The number of hydrogen-bond donors (Lipinski definition) is 0. The minimum atomic E-state index is -4.90. The third-order valence-corrected chi connectivity index (χ3v) is 3.92. The quantitative estimate of drug-likeness (QED) is 0.678. The van der Waals surface area contributed by atoms with Gasteiger partial charge in [0.2, 0.25) is 0 Å². The second kappa shape index (κ2) is 5.90. The monoisotopic (exact) mass is 371 g/mol. The molecule has 0 aliphatic carbocycles. The van der Waals surface area contributed by atoms with Gasteiger partial charge in [-0.25, -0.2) is 8.78 Å². The van der Waals surface area contributed by atoms with E-state index in [0.717, 1.165) is 11.0 Å². The van der Waals surface area contributed by atoms with Crippen LogP contribution in [0, 0.1) is 5.82 Å². The van der Waals surface area contributed by atoms with E-state index in [4.69, 9.17) is 0 Å². The van der Waals surface area contributed by atoms with Crippen LogP contribution in [0.1, 0.15) is 28.8 Å². The molecule has 8 heteroatoms. The van der Waals surface area contributed by atoms with Gasteiger partial charge in [0, 0.05) is 11.0 Å². The van der Waals surface area contributed by atoms with Crippen molar-refractivity contribution in [3.8, 4) is 0 Å². The minimum Gasteiger partial charge on any atom is -0.336 e. The molecule has 0 N–H and O–H groups in total. The van der Waals surface area contributed by atoms with Crippen LogP contribution in [0.5, 0.6) is 0 Å². The Bertz CT molecular complexity index is 560. The van der Waals surface area contributed by atoms with Gasteiger partial charge in [0.15, 0.2) is 0 Å². The van der Waals surface area contributed by atoms with Crippen molar-refractivity contribution in [2.75, 3.05) is 13.1 Å². The maximum Gasteiger partial charge on any atom is 0.419 e. The first-order chi connectivity index (χ1) is 9.71. The molecule has 1 heterocycles. The Balaban J connectivity index is 2.41. The highest BCUT2D eigenvalue weighted by Crippen LogP contribution is 2.35. The summed E-state index contributed by atoms with van der Waals surface area (Å²) in [6, 6.07) is 1.53. The van der Waals surface area contributed by atoms with E-state index in [2.05, 4.69) is 15.9 Å². The molecule has 1 atom stereocenters. The maximum absolute atomic E-state index is 14.0. The second-order valence-electron chi connectivity index (χ2n) is 4.77. The van der Waals surface area contributed by atoms with Crippen molar-refractivity contribution < 1.29 is 26.7 Å². The lowest BCUT2D eigenvalue weighted by molar-refractivity contribution is -0.140. The van der Waals surface area contributed by atoms with Crippen molar-refractivity contribution in [2.45, 2.75) is 25.2 Å². The van der Waals surface area contributed by atoms with Crippen molar-refractivity contribution in [3.05, 3.63) is 33.5 Å². The molecular formula is C13H11BrF5NO. The van der Waals surface area contributed by atoms with E-state index in [-0.39, 0.29) is 24.0 Å². The maximum atomic E-state index is 14.0. The highest BCUT2D eigenvalue weighted by atomic mass is 79.9. The first-order valence-corrected chi connectivity index (χ1v) is 6.99. The van der Waals surface area contributed by atoms with Crippen LogP contribution < -0.4 is 0 Å². The highest BCUT2D eigenvalue weighted by Gasteiger charge is 2.37. The summed E-state index contributed by atoms with van der Waals surface area (Å²) < 4.78 is 65.3. The fraction of sp³-hybridized carbons (Fsp3) is 0.462. The zero-order chi connectivity index (χ0) is 15.8. The zero-order valence-electron chi connectivity index (χ0n) is 10.7. The van der Waals surface area contributed by atoms with Crippen molar-refractivity contribution in [3.63, 3.8) is 0 Å². The third kappa shape index (κ3) is 3.36. The molecule has 2 nitrogen and oxygen atoms in total. The molecule has 0 bridgehead atoms. The standard InChI is InChI=1S/C13H11BrF5NO/c14-9-4-3-8(13(17,18)19)11(16)10(9)12(21)20-5-1-2-7(15)6-20/h3-4,7H,1-2,5-6H2. The molecule has 0 aromatic heterocycles. The van der Waals surface area contributed by atoms with Crippen molar-refractivity contribution in [1.82, 2.24) is 4.90 Å². The van der Waals surface area contributed by atoms with E-state index in [1.807, 2.05) is 0 Å². The van der Waals surface area contributed by atoms with Gasteiger partial charge in [-0.1, -0.05) is 0 Å². The molecule has 116 valence electrons. The first kappa shape index (κ1) is 16.2. The van der Waals surface area contributed by atoms with Gasteiger partial charge in [0.05, 0.1) is 17.7 Å². The van der Waals surface area contributed by atoms with Crippen LogP contribution in [0.15, 0.2) is 16.6 Å². The Kier molecular flexibility index (Phi) is 4.55. The van der Waals surface area contributed by atoms with Crippen LogP contribution in [0.2, 0.25) is 0 Å². The number of carbonyl (C=O) groups excluding carboxylic acids is 1. The topological polar surface area (TPSA) is 20.3 Å². The van der Waals surface area contributed by atoms with E-state index < -0.39 is 35.2 Å². The van der Waals surface area contributed by atoms with Gasteiger partial charge in [-0.3, -0.25) is 4.79 Å². The molecule has 1 saturated heterocycles. The molecule has 2 rings (SSSR count). The predicted molar refractivity (Wildman–Crippen MR) is 69.1 cm³/mol. The summed E-state index contributed by atoms with van der Waals surface area (Å²) in [5.74, 6) is -2.57. The summed E-state index contributed by atoms with van der Waals surface area (Å²) in [5, 5.41) is 0. The van der Waals surface area contributed by atoms with Crippen LogP contribution >= 0.6 is 15.9 Å². The van der Waals surface area contributed by atoms with E-state index >= 15 is 0 Å². The molecule has 21 heavy (non-hydrogen) atoms. The average Bonchev–Trinajstić information content (AvgIpc) is 2.37. The number of amides is 1.